The second kappa shape index (κ2) is 24.8. The molecule has 0 spiro atoms. The number of piperidine rings is 1. The first-order valence-electron chi connectivity index (χ1n) is 24.9. The monoisotopic (exact) mass is 1010 g/mol. The van der Waals surface area contributed by atoms with E-state index in [0.29, 0.717) is 30.5 Å². The Labute approximate surface area is 431 Å². The number of nitrogens with one attached hydrogen (secondary N) is 2. The number of halogens is 2. The third kappa shape index (κ3) is 14.1. The molecule has 3 N–H and O–H groups in total. The maximum absolute atomic E-state index is 14.3. The molecule has 1 saturated heterocycles. The summed E-state index contributed by atoms with van der Waals surface area (Å²) in [6.07, 6.45) is 9.37. The topological polar surface area (TPSA) is 181 Å². The van der Waals surface area contributed by atoms with Crippen molar-refractivity contribution in [3.63, 3.8) is 0 Å². The number of aliphatic carboxylic acids is 1. The zero-order valence-electron chi connectivity index (χ0n) is 43.5. The van der Waals surface area contributed by atoms with Crippen LogP contribution in [0, 0.1) is 58.1 Å². The average Bonchev–Trinajstić information content (AvgIpc) is 3.33. The molecule has 1 fully saturated rings. The number of Topliss-reactive ketones (excluding diaryl/α,β-unsaturated/α-hetero) is 1. The van der Waals surface area contributed by atoms with Crippen molar-refractivity contribution in [3.8, 4) is 22.3 Å². The first-order chi connectivity index (χ1) is 35.1. The van der Waals surface area contributed by atoms with Crippen molar-refractivity contribution in [2.45, 2.75) is 119 Å². The summed E-state index contributed by atoms with van der Waals surface area (Å²) in [6.45, 7) is 17.5. The molecule has 6 aromatic rings. The number of carbonyl (C=O) groups excluding carboxylic acids is 4. The van der Waals surface area contributed by atoms with Crippen molar-refractivity contribution in [2.75, 3.05) is 6.54 Å². The molecule has 1 aliphatic rings. The van der Waals surface area contributed by atoms with Crippen LogP contribution in [0.4, 0.5) is 8.78 Å². The largest absolute Gasteiger partial charge is 0.481 e. The molecule has 3 aromatic carbocycles. The van der Waals surface area contributed by atoms with Gasteiger partial charge in [0, 0.05) is 67.6 Å². The number of rotatable bonds is 17. The maximum Gasteiger partial charge on any atom is 0.305 e. The van der Waals surface area contributed by atoms with E-state index >= 15 is 0 Å². The van der Waals surface area contributed by atoms with Crippen molar-refractivity contribution < 1.29 is 37.9 Å². The maximum atomic E-state index is 14.3. The van der Waals surface area contributed by atoms with Gasteiger partial charge in [0.1, 0.15) is 17.9 Å². The summed E-state index contributed by atoms with van der Waals surface area (Å²) >= 11 is 0. The van der Waals surface area contributed by atoms with Gasteiger partial charge in [0.15, 0.2) is 11.6 Å². The van der Waals surface area contributed by atoms with Crippen LogP contribution in [0.25, 0.3) is 22.3 Å². The van der Waals surface area contributed by atoms with Gasteiger partial charge in [-0.15, -0.1) is 0 Å². The molecule has 74 heavy (non-hydrogen) atoms. The second-order valence-corrected chi connectivity index (χ2v) is 20.0. The number of nitrogens with zero attached hydrogens (tertiary/aromatic N) is 4. The fourth-order valence-corrected chi connectivity index (χ4v) is 9.68. The zero-order valence-corrected chi connectivity index (χ0v) is 43.5. The van der Waals surface area contributed by atoms with Gasteiger partial charge in [-0.05, 0) is 152 Å². The Morgan fingerprint density at radius 3 is 1.74 bits per heavy atom. The minimum absolute atomic E-state index is 0.00151. The lowest BCUT2D eigenvalue weighted by molar-refractivity contribution is -0.144. The van der Waals surface area contributed by atoms with E-state index in [0.717, 1.165) is 62.2 Å². The summed E-state index contributed by atoms with van der Waals surface area (Å²) in [5, 5.41) is 15.4. The molecular formula is C59H66F2N6O7. The first kappa shape index (κ1) is 55.6. The Hall–Kier alpha value is -7.68. The molecule has 1 aliphatic heterocycles. The van der Waals surface area contributed by atoms with Gasteiger partial charge in [-0.3, -0.25) is 38.7 Å². The number of hydrogen-bond acceptors (Lipinski definition) is 8. The number of pyridine rings is 3. The second-order valence-electron chi connectivity index (χ2n) is 20.0. The van der Waals surface area contributed by atoms with E-state index in [1.165, 1.54) is 28.5 Å². The molecule has 7 rings (SSSR count). The van der Waals surface area contributed by atoms with Crippen LogP contribution in [0.2, 0.25) is 0 Å². The minimum Gasteiger partial charge on any atom is -0.481 e. The summed E-state index contributed by atoms with van der Waals surface area (Å²) in [5.74, 6) is -4.26. The number of ketones is 1. The SMILES string of the molecule is CC(=O)C[C@H](NC(=O)[C@@H](c1ccc(F)c(F)c1)N1CC(C)CCC1=O)c1cncc(-c2c(C)cccc2C)c1.Cc1ccn([C@@H](CC(C)C)C(=O)N[C@@H](CC(=O)O)c2cncc(-c3c(C)cccc3C)c2)c(=O)c1. The van der Waals surface area contributed by atoms with Crippen molar-refractivity contribution in [3.05, 3.63) is 176 Å². The lowest BCUT2D eigenvalue weighted by Crippen LogP contribution is -2.48. The first-order valence-corrected chi connectivity index (χ1v) is 24.9. The van der Waals surface area contributed by atoms with Crippen LogP contribution in [0.15, 0.2) is 115 Å². The van der Waals surface area contributed by atoms with Crippen molar-refractivity contribution in [2.24, 2.45) is 11.8 Å². The number of likely N-dealkylation sites (tertiary alicyclic amines) is 1. The summed E-state index contributed by atoms with van der Waals surface area (Å²) in [7, 11) is 0. The average molecular weight is 1010 g/mol. The van der Waals surface area contributed by atoms with E-state index in [2.05, 4.69) is 20.6 Å². The summed E-state index contributed by atoms with van der Waals surface area (Å²) in [4.78, 5) is 87.0. The van der Waals surface area contributed by atoms with Crippen LogP contribution in [-0.2, 0) is 24.0 Å². The molecule has 388 valence electrons. The predicted molar refractivity (Wildman–Crippen MR) is 281 cm³/mol. The summed E-state index contributed by atoms with van der Waals surface area (Å²) < 4.78 is 29.4. The number of amides is 3. The highest BCUT2D eigenvalue weighted by Crippen LogP contribution is 2.34. The smallest absolute Gasteiger partial charge is 0.305 e. The number of carboxylic acid groups (broad SMARTS) is 1. The van der Waals surface area contributed by atoms with E-state index in [1.54, 1.807) is 37.1 Å². The van der Waals surface area contributed by atoms with Crippen molar-refractivity contribution >= 4 is 29.5 Å². The van der Waals surface area contributed by atoms with Crippen LogP contribution >= 0.6 is 0 Å². The van der Waals surface area contributed by atoms with E-state index in [1.807, 2.05) is 104 Å². The van der Waals surface area contributed by atoms with Crippen LogP contribution < -0.4 is 16.2 Å². The van der Waals surface area contributed by atoms with Crippen LogP contribution in [0.1, 0.15) is 128 Å². The standard InChI is InChI=1S/C31H33F2N3O3.C28H33N3O4/c1-18-8-11-28(38)36(17-18)30(22-9-10-25(32)26(33)14-22)31(39)35-27(12-21(4)37)23-13-24(16-34-15-23)29-19(2)6-5-7-20(29)3;1-17(2)11-24(31-10-9-18(3)12-25(31)32)28(35)30-23(14-26(33)34)21-13-22(16-29-15-21)27-19(4)7-6-8-20(27)5/h5-7,9-10,13-16,18,27,30H,8,11-12,17H2,1-4H3,(H,35,39);6-10,12-13,15-17,23-24H,11,14H2,1-5H3,(H,30,35)(H,33,34)/t18?,27-,30+;23-,24-/m00/s1. The molecule has 1 unspecified atom stereocenters. The Kier molecular flexibility index (Phi) is 18.7. The van der Waals surface area contributed by atoms with Crippen molar-refractivity contribution in [1.82, 2.24) is 30.1 Å². The van der Waals surface area contributed by atoms with Gasteiger partial charge >= 0.3 is 5.97 Å². The third-order valence-electron chi connectivity index (χ3n) is 13.3. The summed E-state index contributed by atoms with van der Waals surface area (Å²) in [5.41, 5.74) is 10.00. The number of aryl methyl sites for hydroxylation is 5. The number of carboxylic acids is 1. The molecule has 4 heterocycles. The summed E-state index contributed by atoms with van der Waals surface area (Å²) in [6, 6.07) is 18.8. The molecule has 0 bridgehead atoms. The number of carbonyl (C=O) groups is 5. The molecule has 13 nitrogen and oxygen atoms in total. The molecule has 3 aromatic heterocycles. The molecule has 15 heteroatoms. The molecular weight excluding hydrogens is 943 g/mol. The quantitative estimate of drug-likeness (QED) is 0.0801. The van der Waals surface area contributed by atoms with E-state index in [4.69, 9.17) is 0 Å². The number of benzene rings is 3. The Balaban J connectivity index is 0.000000242. The highest BCUT2D eigenvalue weighted by molar-refractivity contribution is 5.90. The number of hydrogen-bond donors (Lipinski definition) is 3. The molecule has 3 amide bonds. The third-order valence-corrected chi connectivity index (χ3v) is 13.3. The normalized spacial score (nSPS) is 15.1. The van der Waals surface area contributed by atoms with Gasteiger partial charge in [-0.1, -0.05) is 63.2 Å². The minimum atomic E-state index is -1.18. The zero-order chi connectivity index (χ0) is 54.0. The van der Waals surface area contributed by atoms with Crippen molar-refractivity contribution in [1.29, 1.82) is 0 Å². The molecule has 5 atom stereocenters. The Morgan fingerprint density at radius 2 is 1.24 bits per heavy atom. The van der Waals surface area contributed by atoms with Gasteiger partial charge in [0.2, 0.25) is 17.7 Å². The molecule has 0 aliphatic carbocycles. The van der Waals surface area contributed by atoms with E-state index < -0.39 is 53.6 Å². The lowest BCUT2D eigenvalue weighted by atomic mass is 9.93. The molecule has 0 saturated carbocycles. The van der Waals surface area contributed by atoms with Gasteiger partial charge in [-0.2, -0.15) is 0 Å². The van der Waals surface area contributed by atoms with Crippen LogP contribution in [-0.4, -0.2) is 60.6 Å². The van der Waals surface area contributed by atoms with E-state index in [9.17, 15) is 42.7 Å². The highest BCUT2D eigenvalue weighted by Gasteiger charge is 2.37. The van der Waals surface area contributed by atoms with Gasteiger partial charge < -0.3 is 25.2 Å². The Bertz CT molecular complexity index is 3060. The van der Waals surface area contributed by atoms with E-state index in [-0.39, 0.29) is 53.9 Å². The highest BCUT2D eigenvalue weighted by atomic mass is 19.2. The van der Waals surface area contributed by atoms with Gasteiger partial charge in [0.05, 0.1) is 18.5 Å². The van der Waals surface area contributed by atoms with Gasteiger partial charge in [0.25, 0.3) is 5.56 Å². The molecule has 0 radical (unpaired) electrons. The lowest BCUT2D eigenvalue weighted by Gasteiger charge is -2.37. The fourth-order valence-electron chi connectivity index (χ4n) is 9.68. The predicted octanol–water partition coefficient (Wildman–Crippen LogP) is 10.5. The van der Waals surface area contributed by atoms with Crippen LogP contribution in [0.5, 0.6) is 0 Å². The fraction of sp³-hybridized carbons (Fsp3) is 0.356. The van der Waals surface area contributed by atoms with Crippen LogP contribution in [0.3, 0.4) is 0 Å². The van der Waals surface area contributed by atoms with Gasteiger partial charge in [-0.25, -0.2) is 8.78 Å². The number of aromatic nitrogens is 3. The Morgan fingerprint density at radius 1 is 0.703 bits per heavy atom.